The smallest absolute Gasteiger partial charge is 0.223 e. The highest BCUT2D eigenvalue weighted by Crippen LogP contribution is 2.35. The predicted octanol–water partition coefficient (Wildman–Crippen LogP) is 2.41. The number of carbonyl (C=O) groups excluding carboxylic acids is 1. The fourth-order valence-electron chi connectivity index (χ4n) is 3.22. The fourth-order valence-corrected chi connectivity index (χ4v) is 4.21. The van der Waals surface area contributed by atoms with Gasteiger partial charge in [-0.05, 0) is 45.2 Å². The average molecular weight is 384 g/mol. The number of anilines is 1. The lowest BCUT2D eigenvalue weighted by molar-refractivity contribution is -0.125. The minimum absolute atomic E-state index is 0. The van der Waals surface area contributed by atoms with Crippen molar-refractivity contribution >= 4 is 45.7 Å². The standard InChI is InChI=1S/C17H25N5OS.ClH/c1-11-12(2)24-17-14(11)15(20-10-21-17)22-8-4-13(5-9-22)16(23)19-7-3-6-18;/h10,13H,3-9,18H2,1-2H3,(H,19,23);1H. The minimum atomic E-state index is 0. The zero-order valence-electron chi connectivity index (χ0n) is 14.7. The molecule has 0 radical (unpaired) electrons. The number of aromatic nitrogens is 2. The van der Waals surface area contributed by atoms with E-state index in [1.54, 1.807) is 17.7 Å². The maximum Gasteiger partial charge on any atom is 0.223 e. The number of hydrogen-bond donors (Lipinski definition) is 2. The first-order chi connectivity index (χ1) is 11.6. The molecule has 2 aromatic heterocycles. The Morgan fingerprint density at radius 2 is 2.08 bits per heavy atom. The van der Waals surface area contributed by atoms with Crippen molar-refractivity contribution in [3.63, 3.8) is 0 Å². The summed E-state index contributed by atoms with van der Waals surface area (Å²) in [6, 6.07) is 0. The second-order valence-corrected chi connectivity index (χ2v) is 7.56. The second kappa shape index (κ2) is 8.78. The molecule has 1 aliphatic rings. The Morgan fingerprint density at radius 3 is 2.76 bits per heavy atom. The van der Waals surface area contributed by atoms with Crippen LogP contribution in [0.3, 0.4) is 0 Å². The third kappa shape index (κ3) is 4.22. The van der Waals surface area contributed by atoms with Crippen LogP contribution in [0.4, 0.5) is 5.82 Å². The molecule has 0 aliphatic carbocycles. The van der Waals surface area contributed by atoms with Crippen LogP contribution in [-0.4, -0.2) is 42.1 Å². The molecule has 0 bridgehead atoms. The molecule has 0 unspecified atom stereocenters. The Kier molecular flexibility index (Phi) is 6.98. The molecule has 1 fully saturated rings. The Hall–Kier alpha value is -1.44. The van der Waals surface area contributed by atoms with Crippen molar-refractivity contribution in [2.45, 2.75) is 33.1 Å². The van der Waals surface area contributed by atoms with Gasteiger partial charge < -0.3 is 16.0 Å². The molecule has 138 valence electrons. The Morgan fingerprint density at radius 1 is 1.36 bits per heavy atom. The molecule has 1 amide bonds. The lowest BCUT2D eigenvalue weighted by atomic mass is 9.95. The highest BCUT2D eigenvalue weighted by atomic mass is 35.5. The Bertz CT molecular complexity index is 727. The van der Waals surface area contributed by atoms with Crippen molar-refractivity contribution < 1.29 is 4.79 Å². The van der Waals surface area contributed by atoms with Gasteiger partial charge in [0.25, 0.3) is 0 Å². The van der Waals surface area contributed by atoms with E-state index in [0.29, 0.717) is 13.1 Å². The first kappa shape index (κ1) is 19.9. The lowest BCUT2D eigenvalue weighted by Crippen LogP contribution is -2.41. The van der Waals surface area contributed by atoms with Crippen LogP contribution >= 0.6 is 23.7 Å². The topological polar surface area (TPSA) is 84.1 Å². The van der Waals surface area contributed by atoms with E-state index >= 15 is 0 Å². The quantitative estimate of drug-likeness (QED) is 0.774. The van der Waals surface area contributed by atoms with Gasteiger partial charge in [0.15, 0.2) is 0 Å². The molecule has 3 N–H and O–H groups in total. The van der Waals surface area contributed by atoms with E-state index in [1.165, 1.54) is 15.8 Å². The molecule has 0 aromatic carbocycles. The van der Waals surface area contributed by atoms with Crippen LogP contribution in [0.2, 0.25) is 0 Å². The van der Waals surface area contributed by atoms with E-state index in [2.05, 4.69) is 34.0 Å². The molecule has 0 saturated carbocycles. The summed E-state index contributed by atoms with van der Waals surface area (Å²) >= 11 is 1.72. The van der Waals surface area contributed by atoms with Gasteiger partial charge in [0.1, 0.15) is 17.0 Å². The van der Waals surface area contributed by atoms with Crippen LogP contribution < -0.4 is 16.0 Å². The van der Waals surface area contributed by atoms with Crippen molar-refractivity contribution in [1.82, 2.24) is 15.3 Å². The van der Waals surface area contributed by atoms with Gasteiger partial charge in [-0.25, -0.2) is 9.97 Å². The van der Waals surface area contributed by atoms with Gasteiger partial charge in [0.2, 0.25) is 5.91 Å². The summed E-state index contributed by atoms with van der Waals surface area (Å²) in [4.78, 5) is 25.8. The predicted molar refractivity (Wildman–Crippen MR) is 106 cm³/mol. The van der Waals surface area contributed by atoms with Crippen molar-refractivity contribution in [1.29, 1.82) is 0 Å². The van der Waals surface area contributed by atoms with E-state index in [0.717, 1.165) is 43.0 Å². The summed E-state index contributed by atoms with van der Waals surface area (Å²) in [5.41, 5.74) is 6.74. The number of piperidine rings is 1. The van der Waals surface area contributed by atoms with Gasteiger partial charge in [-0.2, -0.15) is 0 Å². The molecular formula is C17H26ClN5OS. The first-order valence-electron chi connectivity index (χ1n) is 8.55. The van der Waals surface area contributed by atoms with E-state index in [9.17, 15) is 4.79 Å². The van der Waals surface area contributed by atoms with Crippen LogP contribution in [-0.2, 0) is 4.79 Å². The molecule has 3 rings (SSSR count). The van der Waals surface area contributed by atoms with Crippen molar-refractivity contribution in [2.75, 3.05) is 31.1 Å². The maximum atomic E-state index is 12.2. The van der Waals surface area contributed by atoms with Crippen molar-refractivity contribution in [3.8, 4) is 0 Å². The first-order valence-corrected chi connectivity index (χ1v) is 9.37. The SMILES string of the molecule is Cc1sc2ncnc(N3CCC(C(=O)NCCCN)CC3)c2c1C.Cl. The van der Waals surface area contributed by atoms with E-state index in [-0.39, 0.29) is 24.2 Å². The van der Waals surface area contributed by atoms with Crippen LogP contribution in [0.1, 0.15) is 29.7 Å². The Labute approximate surface area is 158 Å². The van der Waals surface area contributed by atoms with Crippen LogP contribution in [0.15, 0.2) is 6.33 Å². The summed E-state index contributed by atoms with van der Waals surface area (Å²) in [5, 5.41) is 4.16. The zero-order valence-corrected chi connectivity index (χ0v) is 16.4. The highest BCUT2D eigenvalue weighted by molar-refractivity contribution is 7.18. The van der Waals surface area contributed by atoms with Crippen LogP contribution in [0, 0.1) is 19.8 Å². The lowest BCUT2D eigenvalue weighted by Gasteiger charge is -2.32. The molecule has 1 saturated heterocycles. The highest BCUT2D eigenvalue weighted by Gasteiger charge is 2.27. The number of amides is 1. The maximum absolute atomic E-state index is 12.2. The molecule has 3 heterocycles. The number of nitrogens with one attached hydrogen (secondary N) is 1. The van der Waals surface area contributed by atoms with Crippen molar-refractivity contribution in [3.05, 3.63) is 16.8 Å². The number of carbonyl (C=O) groups is 1. The minimum Gasteiger partial charge on any atom is -0.356 e. The van der Waals surface area contributed by atoms with Gasteiger partial charge >= 0.3 is 0 Å². The number of rotatable bonds is 5. The van der Waals surface area contributed by atoms with Gasteiger partial charge in [-0.1, -0.05) is 0 Å². The number of fused-ring (bicyclic) bond motifs is 1. The van der Waals surface area contributed by atoms with Crippen LogP contribution in [0.25, 0.3) is 10.2 Å². The largest absolute Gasteiger partial charge is 0.356 e. The molecule has 0 atom stereocenters. The summed E-state index contributed by atoms with van der Waals surface area (Å²) in [6.45, 7) is 7.27. The average Bonchev–Trinajstić information content (AvgIpc) is 2.90. The number of halogens is 1. The number of nitrogens with two attached hydrogens (primary N) is 1. The third-order valence-corrected chi connectivity index (χ3v) is 5.91. The monoisotopic (exact) mass is 383 g/mol. The number of aryl methyl sites for hydroxylation is 2. The van der Waals surface area contributed by atoms with Crippen LogP contribution in [0.5, 0.6) is 0 Å². The number of hydrogen-bond acceptors (Lipinski definition) is 6. The molecule has 25 heavy (non-hydrogen) atoms. The summed E-state index contributed by atoms with van der Waals surface area (Å²) in [6.07, 6.45) is 4.21. The zero-order chi connectivity index (χ0) is 17.1. The van der Waals surface area contributed by atoms with Crippen molar-refractivity contribution in [2.24, 2.45) is 11.7 Å². The number of nitrogens with zero attached hydrogens (tertiary/aromatic N) is 3. The van der Waals surface area contributed by atoms with E-state index in [1.807, 2.05) is 0 Å². The summed E-state index contributed by atoms with van der Waals surface area (Å²) in [7, 11) is 0. The van der Waals surface area contributed by atoms with Gasteiger partial charge in [0, 0.05) is 30.4 Å². The van der Waals surface area contributed by atoms with Gasteiger partial charge in [-0.15, -0.1) is 23.7 Å². The second-order valence-electron chi connectivity index (χ2n) is 6.36. The Balaban J connectivity index is 0.00000225. The summed E-state index contributed by atoms with van der Waals surface area (Å²) < 4.78 is 0. The fraction of sp³-hybridized carbons (Fsp3) is 0.588. The summed E-state index contributed by atoms with van der Waals surface area (Å²) in [5.74, 6) is 1.28. The van der Waals surface area contributed by atoms with Gasteiger partial charge in [-0.3, -0.25) is 4.79 Å². The molecule has 8 heteroatoms. The van der Waals surface area contributed by atoms with Gasteiger partial charge in [0.05, 0.1) is 5.39 Å². The third-order valence-electron chi connectivity index (χ3n) is 4.79. The molecule has 2 aromatic rings. The molecule has 0 spiro atoms. The molecular weight excluding hydrogens is 358 g/mol. The molecule has 1 aliphatic heterocycles. The number of thiophene rings is 1. The molecule has 6 nitrogen and oxygen atoms in total. The normalized spacial score (nSPS) is 15.2. The van der Waals surface area contributed by atoms with E-state index in [4.69, 9.17) is 5.73 Å². The van der Waals surface area contributed by atoms with E-state index < -0.39 is 0 Å².